The first-order valence-electron chi connectivity index (χ1n) is 13.7. The number of hydrogen-bond donors (Lipinski definition) is 2. The number of aromatic amines is 1. The van der Waals surface area contributed by atoms with Gasteiger partial charge in [-0.2, -0.15) is 0 Å². The number of aromatic nitrogens is 6. The predicted molar refractivity (Wildman–Crippen MR) is 155 cm³/mol. The average molecular weight is 584 g/mol. The summed E-state index contributed by atoms with van der Waals surface area (Å²) in [5.41, 5.74) is 7.42. The van der Waals surface area contributed by atoms with Crippen LogP contribution < -0.4 is 10.9 Å². The summed E-state index contributed by atoms with van der Waals surface area (Å²) in [5, 5.41) is 11.3. The predicted octanol–water partition coefficient (Wildman–Crippen LogP) is 6.66. The quantitative estimate of drug-likeness (QED) is 0.241. The smallest absolute Gasteiger partial charge is 0.283 e. The molecule has 3 atom stereocenters. The first-order chi connectivity index (χ1) is 20.3. The monoisotopic (exact) mass is 583 g/mol. The van der Waals surface area contributed by atoms with Crippen molar-refractivity contribution in [3.63, 3.8) is 0 Å². The number of pyridine rings is 1. The molecule has 42 heavy (non-hydrogen) atoms. The highest BCUT2D eigenvalue weighted by atomic mass is 35.5. The van der Waals surface area contributed by atoms with Gasteiger partial charge in [-0.1, -0.05) is 29.5 Å². The molecular formula is C31H24ClF2N7O. The molecule has 2 aromatic carbocycles. The van der Waals surface area contributed by atoms with Gasteiger partial charge in [0.15, 0.2) is 0 Å². The van der Waals surface area contributed by atoms with Gasteiger partial charge in [-0.05, 0) is 78.3 Å². The van der Waals surface area contributed by atoms with Crippen LogP contribution in [0.3, 0.4) is 0 Å². The summed E-state index contributed by atoms with van der Waals surface area (Å²) in [5.74, 6) is 1.27. The number of halogens is 3. The Morgan fingerprint density at radius 1 is 1.07 bits per heavy atom. The van der Waals surface area contributed by atoms with Crippen LogP contribution in [-0.2, 0) is 6.42 Å². The van der Waals surface area contributed by atoms with Crippen LogP contribution in [-0.4, -0.2) is 29.5 Å². The van der Waals surface area contributed by atoms with Crippen molar-refractivity contribution < 1.29 is 8.78 Å². The minimum absolute atomic E-state index is 0.157. The van der Waals surface area contributed by atoms with E-state index < -0.39 is 12.1 Å². The minimum atomic E-state index is -2.74. The fourth-order valence-corrected chi connectivity index (χ4v) is 6.63. The molecule has 0 bridgehead atoms. The van der Waals surface area contributed by atoms with Crippen LogP contribution >= 0.6 is 11.6 Å². The minimum Gasteiger partial charge on any atom is -0.359 e. The molecule has 2 aliphatic heterocycles. The number of imidazole rings is 1. The Labute approximate surface area is 243 Å². The lowest BCUT2D eigenvalue weighted by Crippen LogP contribution is -2.26. The van der Waals surface area contributed by atoms with Gasteiger partial charge in [-0.25, -0.2) is 18.4 Å². The summed E-state index contributed by atoms with van der Waals surface area (Å²) >= 11 is 6.34. The molecule has 0 saturated heterocycles. The van der Waals surface area contributed by atoms with Crippen molar-refractivity contribution in [2.45, 2.75) is 37.6 Å². The molecule has 3 aliphatic rings. The Morgan fingerprint density at radius 2 is 1.95 bits per heavy atom. The third kappa shape index (κ3) is 4.00. The Kier molecular flexibility index (Phi) is 5.52. The van der Waals surface area contributed by atoms with Crippen LogP contribution in [0.2, 0.25) is 5.02 Å². The molecule has 8 rings (SSSR count). The highest BCUT2D eigenvalue weighted by molar-refractivity contribution is 6.31. The van der Waals surface area contributed by atoms with Gasteiger partial charge >= 0.3 is 0 Å². The van der Waals surface area contributed by atoms with E-state index in [9.17, 15) is 13.6 Å². The van der Waals surface area contributed by atoms with Gasteiger partial charge in [0.1, 0.15) is 11.5 Å². The second-order valence-electron chi connectivity index (χ2n) is 11.2. The number of fused-ring (bicyclic) bond motifs is 4. The van der Waals surface area contributed by atoms with Crippen LogP contribution in [0.25, 0.3) is 28.1 Å². The molecule has 1 aliphatic carbocycles. The van der Waals surface area contributed by atoms with Gasteiger partial charge in [-0.3, -0.25) is 4.79 Å². The molecule has 0 amide bonds. The Balaban J connectivity index is 1.16. The Bertz CT molecular complexity index is 1980. The van der Waals surface area contributed by atoms with Crippen molar-refractivity contribution in [3.05, 3.63) is 111 Å². The number of alkyl halides is 2. The fourth-order valence-electron chi connectivity index (χ4n) is 6.46. The molecule has 8 nitrogen and oxygen atoms in total. The third-order valence-corrected chi connectivity index (χ3v) is 8.79. The lowest BCUT2D eigenvalue weighted by molar-refractivity contribution is 0.146. The zero-order valence-corrected chi connectivity index (χ0v) is 22.9. The van der Waals surface area contributed by atoms with Gasteiger partial charge in [0, 0.05) is 39.6 Å². The van der Waals surface area contributed by atoms with Gasteiger partial charge in [-0.15, -0.1) is 5.10 Å². The molecule has 0 spiro atoms. The number of aryl methyl sites for hydroxylation is 1. The maximum atomic E-state index is 13.7. The SMILES string of the molecule is C=C1CCc2cc(-c3cnc(C4C5CC5c5cc(-c6cc(Cl)ccc6-n6cc(C(F)F)nn6)cc(=O)n54)[nH]3)ccc2N1. The second-order valence-corrected chi connectivity index (χ2v) is 11.6. The summed E-state index contributed by atoms with van der Waals surface area (Å²) in [6.07, 6.45) is 3.09. The van der Waals surface area contributed by atoms with Crippen LogP contribution in [0.15, 0.2) is 78.0 Å². The van der Waals surface area contributed by atoms with Crippen LogP contribution in [0.5, 0.6) is 0 Å². The second kappa shape index (κ2) is 9.22. The molecule has 2 N–H and O–H groups in total. The van der Waals surface area contributed by atoms with E-state index in [4.69, 9.17) is 16.6 Å². The van der Waals surface area contributed by atoms with Crippen LogP contribution in [0.4, 0.5) is 14.5 Å². The van der Waals surface area contributed by atoms with Crippen molar-refractivity contribution in [2.24, 2.45) is 5.92 Å². The molecule has 3 aromatic heterocycles. The van der Waals surface area contributed by atoms with Gasteiger partial charge in [0.2, 0.25) is 0 Å². The van der Waals surface area contributed by atoms with Gasteiger partial charge in [0.05, 0.1) is 29.8 Å². The molecule has 210 valence electrons. The van der Waals surface area contributed by atoms with E-state index in [1.54, 1.807) is 24.3 Å². The van der Waals surface area contributed by atoms with Crippen molar-refractivity contribution in [1.82, 2.24) is 29.5 Å². The molecule has 11 heteroatoms. The highest BCUT2D eigenvalue weighted by Crippen LogP contribution is 2.60. The molecule has 0 radical (unpaired) electrons. The number of rotatable bonds is 5. The topological polar surface area (TPSA) is 93.4 Å². The van der Waals surface area contributed by atoms with E-state index in [0.29, 0.717) is 21.8 Å². The largest absolute Gasteiger partial charge is 0.359 e. The zero-order chi connectivity index (χ0) is 28.7. The average Bonchev–Trinajstić information content (AvgIpc) is 3.30. The normalized spacial score (nSPS) is 20.3. The molecular weight excluding hydrogens is 560 g/mol. The molecule has 1 saturated carbocycles. The van der Waals surface area contributed by atoms with Crippen molar-refractivity contribution >= 4 is 17.3 Å². The first kappa shape index (κ1) is 25.2. The molecule has 1 fully saturated rings. The van der Waals surface area contributed by atoms with E-state index in [0.717, 1.165) is 53.4 Å². The van der Waals surface area contributed by atoms with E-state index >= 15 is 0 Å². The zero-order valence-electron chi connectivity index (χ0n) is 22.2. The fraction of sp³-hybridized carbons (Fsp3) is 0.226. The maximum absolute atomic E-state index is 13.7. The molecule has 3 unspecified atom stereocenters. The van der Waals surface area contributed by atoms with Crippen LogP contribution in [0.1, 0.15) is 54.0 Å². The summed E-state index contributed by atoms with van der Waals surface area (Å²) in [6.45, 7) is 4.04. The van der Waals surface area contributed by atoms with E-state index in [1.165, 1.54) is 16.4 Å². The van der Waals surface area contributed by atoms with Gasteiger partial charge < -0.3 is 14.9 Å². The summed E-state index contributed by atoms with van der Waals surface area (Å²) in [4.78, 5) is 21.9. The van der Waals surface area contributed by atoms with Crippen molar-refractivity contribution in [1.29, 1.82) is 0 Å². The summed E-state index contributed by atoms with van der Waals surface area (Å²) in [7, 11) is 0. The van der Waals surface area contributed by atoms with E-state index in [-0.39, 0.29) is 23.4 Å². The summed E-state index contributed by atoms with van der Waals surface area (Å²) < 4.78 is 29.5. The highest BCUT2D eigenvalue weighted by Gasteiger charge is 2.54. The van der Waals surface area contributed by atoms with Crippen molar-refractivity contribution in [2.75, 3.05) is 5.32 Å². The number of anilines is 1. The van der Waals surface area contributed by atoms with Crippen LogP contribution in [0, 0.1) is 5.92 Å². The maximum Gasteiger partial charge on any atom is 0.283 e. The number of nitrogens with one attached hydrogen (secondary N) is 2. The number of benzene rings is 2. The standard InChI is InChI=1S/C31H24ClF2N7O/c1-15-2-3-16-8-17(4-6-23(16)36-15)24-13-35-31(37-24)29-22-12-21(22)27-9-18(10-28(42)41(27)29)20-11-19(32)5-7-26(20)40-14-25(30(33)34)38-39-40/h4-11,13-14,21-22,29-30,36H,1-3,12H2,(H,35,37). The number of hydrogen-bond acceptors (Lipinski definition) is 5. The van der Waals surface area contributed by atoms with E-state index in [2.05, 4.69) is 45.4 Å². The number of allylic oxidation sites excluding steroid dienone is 1. The third-order valence-electron chi connectivity index (χ3n) is 8.55. The Hall–Kier alpha value is -4.57. The Morgan fingerprint density at radius 3 is 2.79 bits per heavy atom. The van der Waals surface area contributed by atoms with Gasteiger partial charge in [0.25, 0.3) is 12.0 Å². The number of nitrogens with zero attached hydrogens (tertiary/aromatic N) is 5. The lowest BCUT2D eigenvalue weighted by Gasteiger charge is -2.20. The lowest BCUT2D eigenvalue weighted by atomic mass is 9.98. The van der Waals surface area contributed by atoms with E-state index in [1.807, 2.05) is 16.8 Å². The molecule has 5 aromatic rings. The summed E-state index contributed by atoms with van der Waals surface area (Å²) in [6, 6.07) is 14.7. The number of H-pyrrole nitrogens is 1. The molecule has 5 heterocycles. The first-order valence-corrected chi connectivity index (χ1v) is 14.1. The van der Waals surface area contributed by atoms with Crippen molar-refractivity contribution in [3.8, 4) is 28.1 Å².